The van der Waals surface area contributed by atoms with E-state index in [2.05, 4.69) is 12.2 Å². The van der Waals surface area contributed by atoms with Crippen molar-refractivity contribution in [2.24, 2.45) is 5.92 Å². The zero-order valence-corrected chi connectivity index (χ0v) is 24.3. The van der Waals surface area contributed by atoms with Crippen LogP contribution in [0.4, 0.5) is 11.4 Å². The fourth-order valence-corrected chi connectivity index (χ4v) is 7.93. The molecule has 40 heavy (non-hydrogen) atoms. The molecule has 9 nitrogen and oxygen atoms in total. The Morgan fingerprint density at radius 1 is 0.900 bits per heavy atom. The maximum Gasteiger partial charge on any atom is 0.264 e. The summed E-state index contributed by atoms with van der Waals surface area (Å²) in [7, 11) is -7.36. The molecule has 0 aliphatic carbocycles. The highest BCUT2D eigenvalue weighted by atomic mass is 35.5. The molecule has 3 aromatic carbocycles. The van der Waals surface area contributed by atoms with Crippen LogP contribution in [0.5, 0.6) is 5.75 Å². The molecule has 1 amide bonds. The van der Waals surface area contributed by atoms with Gasteiger partial charge in [-0.05, 0) is 91.4 Å². The number of halogens is 1. The van der Waals surface area contributed by atoms with Crippen LogP contribution in [0.25, 0.3) is 0 Å². The highest BCUT2D eigenvalue weighted by molar-refractivity contribution is 7.92. The molecule has 3 aromatic rings. The van der Waals surface area contributed by atoms with E-state index in [-0.39, 0.29) is 16.4 Å². The summed E-state index contributed by atoms with van der Waals surface area (Å²) < 4.78 is 60.7. The van der Waals surface area contributed by atoms with Gasteiger partial charge in [0.25, 0.3) is 15.9 Å². The number of nitrogens with zero attached hydrogens (tertiary/aromatic N) is 2. The summed E-state index contributed by atoms with van der Waals surface area (Å²) in [5.41, 5.74) is 1.80. The first-order valence-electron chi connectivity index (χ1n) is 13.0. The number of sulfonamides is 2. The molecule has 2 aliphatic heterocycles. The Kier molecular flexibility index (Phi) is 8.10. The number of nitrogens with one attached hydrogen (secondary N) is 1. The Labute approximate surface area is 239 Å². The van der Waals surface area contributed by atoms with Crippen molar-refractivity contribution in [1.82, 2.24) is 4.31 Å². The summed E-state index contributed by atoms with van der Waals surface area (Å²) in [6, 6.07) is 17.2. The molecule has 0 unspecified atom stereocenters. The summed E-state index contributed by atoms with van der Waals surface area (Å²) in [6.07, 6.45) is 2.24. The van der Waals surface area contributed by atoms with E-state index in [9.17, 15) is 21.6 Å². The highest BCUT2D eigenvalue weighted by Crippen LogP contribution is 2.35. The van der Waals surface area contributed by atoms with E-state index < -0.39 is 26.0 Å². The zero-order valence-electron chi connectivity index (χ0n) is 21.9. The van der Waals surface area contributed by atoms with Gasteiger partial charge in [0.2, 0.25) is 10.0 Å². The number of amides is 1. The third-order valence-corrected chi connectivity index (χ3v) is 11.2. The summed E-state index contributed by atoms with van der Waals surface area (Å²) in [5.74, 6) is 0.436. The second-order valence-electron chi connectivity index (χ2n) is 10.0. The van der Waals surface area contributed by atoms with Crippen LogP contribution in [0.3, 0.4) is 0 Å². The largest absolute Gasteiger partial charge is 0.484 e. The molecule has 12 heteroatoms. The van der Waals surface area contributed by atoms with Gasteiger partial charge in [0, 0.05) is 30.3 Å². The maximum absolute atomic E-state index is 13.2. The number of fused-ring (bicyclic) bond motifs is 1. The van der Waals surface area contributed by atoms with E-state index in [4.69, 9.17) is 16.3 Å². The van der Waals surface area contributed by atoms with Gasteiger partial charge in [-0.2, -0.15) is 4.31 Å². The predicted octanol–water partition coefficient (Wildman–Crippen LogP) is 4.53. The molecule has 1 saturated heterocycles. The van der Waals surface area contributed by atoms with Crippen LogP contribution in [-0.4, -0.2) is 53.3 Å². The predicted molar refractivity (Wildman–Crippen MR) is 154 cm³/mol. The molecule has 0 radical (unpaired) electrons. The van der Waals surface area contributed by atoms with Gasteiger partial charge in [-0.25, -0.2) is 16.8 Å². The Balaban J connectivity index is 1.20. The van der Waals surface area contributed by atoms with Gasteiger partial charge in [-0.15, -0.1) is 0 Å². The van der Waals surface area contributed by atoms with Gasteiger partial charge in [-0.3, -0.25) is 9.10 Å². The fraction of sp³-hybridized carbons (Fsp3) is 0.321. The molecule has 2 aliphatic rings. The van der Waals surface area contributed by atoms with Crippen LogP contribution in [0.15, 0.2) is 76.5 Å². The average Bonchev–Trinajstić information content (AvgIpc) is 3.37. The minimum atomic E-state index is -3.79. The van der Waals surface area contributed by atoms with Crippen LogP contribution in [0.1, 0.15) is 25.3 Å². The first kappa shape index (κ1) is 28.4. The maximum atomic E-state index is 13.2. The summed E-state index contributed by atoms with van der Waals surface area (Å²) in [4.78, 5) is 12.9. The summed E-state index contributed by atoms with van der Waals surface area (Å²) >= 11 is 5.91. The van der Waals surface area contributed by atoms with Gasteiger partial charge in [0.05, 0.1) is 15.5 Å². The lowest BCUT2D eigenvalue weighted by atomic mass is 10.0. The molecule has 5 rings (SSSR count). The van der Waals surface area contributed by atoms with Gasteiger partial charge < -0.3 is 10.1 Å². The molecule has 1 N–H and O–H groups in total. The van der Waals surface area contributed by atoms with Crippen molar-refractivity contribution in [3.05, 3.63) is 77.3 Å². The number of ether oxygens (including phenoxy) is 1. The Morgan fingerprint density at radius 3 is 2.20 bits per heavy atom. The lowest BCUT2D eigenvalue weighted by molar-refractivity contribution is -0.118. The van der Waals surface area contributed by atoms with Crippen LogP contribution in [0.2, 0.25) is 5.02 Å². The minimum absolute atomic E-state index is 0.136. The number of piperidine rings is 1. The van der Waals surface area contributed by atoms with Gasteiger partial charge >= 0.3 is 0 Å². The van der Waals surface area contributed by atoms with E-state index in [0.717, 1.165) is 18.4 Å². The van der Waals surface area contributed by atoms with Gasteiger partial charge in [-0.1, -0.05) is 24.6 Å². The third-order valence-electron chi connectivity index (χ3n) is 7.20. The first-order chi connectivity index (χ1) is 19.0. The zero-order chi connectivity index (χ0) is 28.5. The van der Waals surface area contributed by atoms with Crippen molar-refractivity contribution in [2.75, 3.05) is 35.9 Å². The molecule has 1 fully saturated rings. The lowest BCUT2D eigenvalue weighted by Gasteiger charge is -2.29. The first-order valence-corrected chi connectivity index (χ1v) is 16.2. The SMILES string of the molecule is CC1CCN(S(=O)(=O)c2ccc(OCC(=O)Nc3ccc4c(c3)N(S(=O)(=O)c3ccc(Cl)cc3)CC4)cc2)CC1. The average molecular weight is 604 g/mol. The van der Waals surface area contributed by atoms with E-state index >= 15 is 0 Å². The summed E-state index contributed by atoms with van der Waals surface area (Å²) in [5, 5.41) is 3.18. The molecule has 0 bridgehead atoms. The fourth-order valence-electron chi connectivity index (χ4n) is 4.84. The van der Waals surface area contributed by atoms with Crippen molar-refractivity contribution >= 4 is 48.9 Å². The van der Waals surface area contributed by atoms with Crippen molar-refractivity contribution in [3.63, 3.8) is 0 Å². The molecule has 0 aromatic heterocycles. The number of rotatable bonds is 8. The second kappa shape index (κ2) is 11.4. The number of anilines is 2. The van der Waals surface area contributed by atoms with Crippen LogP contribution >= 0.6 is 11.6 Å². The second-order valence-corrected chi connectivity index (χ2v) is 14.3. The molecular formula is C28H30ClN3O6S2. The lowest BCUT2D eigenvalue weighted by Crippen LogP contribution is -2.37. The standard InChI is InChI=1S/C28H30ClN3O6S2/c1-20-12-15-31(16-13-20)39(34,35)25-10-6-24(7-11-25)38-19-28(33)30-23-5-2-21-14-17-32(27(21)18-23)40(36,37)26-8-3-22(29)4-9-26/h2-11,18,20H,12-17,19H2,1H3,(H,30,33). The van der Waals surface area contributed by atoms with E-state index in [0.29, 0.717) is 54.1 Å². The monoisotopic (exact) mass is 603 g/mol. The Bertz CT molecular complexity index is 1600. The quantitative estimate of drug-likeness (QED) is 0.405. The number of hydrogen-bond donors (Lipinski definition) is 1. The number of carbonyl (C=O) groups is 1. The smallest absolute Gasteiger partial charge is 0.264 e. The molecule has 0 saturated carbocycles. The number of hydrogen-bond acceptors (Lipinski definition) is 6. The van der Waals surface area contributed by atoms with Gasteiger partial charge in [0.1, 0.15) is 5.75 Å². The van der Waals surface area contributed by atoms with Crippen LogP contribution in [-0.2, 0) is 31.3 Å². The minimum Gasteiger partial charge on any atom is -0.484 e. The van der Waals surface area contributed by atoms with E-state index in [1.807, 2.05) is 0 Å². The highest BCUT2D eigenvalue weighted by Gasteiger charge is 2.31. The van der Waals surface area contributed by atoms with Crippen LogP contribution < -0.4 is 14.4 Å². The van der Waals surface area contributed by atoms with Crippen molar-refractivity contribution in [2.45, 2.75) is 36.0 Å². The molecule has 0 atom stereocenters. The molecular weight excluding hydrogens is 574 g/mol. The van der Waals surface area contributed by atoms with Gasteiger partial charge in [0.15, 0.2) is 6.61 Å². The van der Waals surface area contributed by atoms with E-state index in [1.54, 1.807) is 18.2 Å². The number of benzene rings is 3. The normalized spacial score (nSPS) is 16.5. The topological polar surface area (TPSA) is 113 Å². The van der Waals surface area contributed by atoms with E-state index in [1.165, 1.54) is 57.1 Å². The van der Waals surface area contributed by atoms with Crippen LogP contribution in [0, 0.1) is 5.92 Å². The molecule has 2 heterocycles. The molecule has 212 valence electrons. The van der Waals surface area contributed by atoms with Crippen molar-refractivity contribution in [1.29, 1.82) is 0 Å². The van der Waals surface area contributed by atoms with Crippen molar-refractivity contribution < 1.29 is 26.4 Å². The Hall–Kier alpha value is -3.12. The Morgan fingerprint density at radius 2 is 1.52 bits per heavy atom. The van der Waals surface area contributed by atoms with Crippen molar-refractivity contribution in [3.8, 4) is 5.75 Å². The third kappa shape index (κ3) is 5.97. The number of carbonyl (C=O) groups excluding carboxylic acids is 1. The molecule has 0 spiro atoms. The summed E-state index contributed by atoms with van der Waals surface area (Å²) in [6.45, 7) is 3.13.